The molecule has 2 saturated carbocycles. The number of imide groups is 1. The van der Waals surface area contributed by atoms with E-state index in [9.17, 15) is 14.4 Å². The predicted octanol–water partition coefficient (Wildman–Crippen LogP) is 2.85. The van der Waals surface area contributed by atoms with Crippen molar-refractivity contribution >= 4 is 17.7 Å². The number of nitrogens with zero attached hydrogens (tertiary/aromatic N) is 1. The molecule has 1 aliphatic heterocycles. The van der Waals surface area contributed by atoms with E-state index in [2.05, 4.69) is 17.5 Å². The van der Waals surface area contributed by atoms with Gasteiger partial charge < -0.3 is 5.32 Å². The monoisotopic (exact) mass is 392 g/mol. The highest BCUT2D eigenvalue weighted by molar-refractivity contribution is 6.09. The van der Waals surface area contributed by atoms with Crippen LogP contribution in [0.5, 0.6) is 0 Å². The van der Waals surface area contributed by atoms with Gasteiger partial charge in [-0.3, -0.25) is 19.3 Å². The molecule has 0 radical (unpaired) electrons. The Labute approximate surface area is 171 Å². The lowest BCUT2D eigenvalue weighted by Crippen LogP contribution is -2.53. The molecule has 3 aliphatic carbocycles. The molecular weight excluding hydrogens is 364 g/mol. The molecule has 1 aromatic carbocycles. The maximum Gasteiger partial charge on any atom is 0.243 e. The molecule has 3 fully saturated rings. The van der Waals surface area contributed by atoms with Crippen molar-refractivity contribution in [2.45, 2.75) is 57.0 Å². The van der Waals surface area contributed by atoms with Crippen LogP contribution in [-0.4, -0.2) is 34.7 Å². The Morgan fingerprint density at radius 3 is 2.21 bits per heavy atom. The van der Waals surface area contributed by atoms with Crippen molar-refractivity contribution < 1.29 is 14.4 Å². The molecule has 1 aromatic rings. The average Bonchev–Trinajstić information content (AvgIpc) is 3.42. The lowest BCUT2D eigenvalue weighted by Gasteiger charge is -2.30. The number of carbonyl (C=O) groups is 3. The van der Waals surface area contributed by atoms with Crippen molar-refractivity contribution in [1.82, 2.24) is 10.2 Å². The number of nitrogens with one attached hydrogen (secondary N) is 1. The van der Waals surface area contributed by atoms with Crippen LogP contribution in [0.4, 0.5) is 0 Å². The number of carbonyl (C=O) groups excluding carboxylic acids is 3. The van der Waals surface area contributed by atoms with Crippen LogP contribution >= 0.6 is 0 Å². The summed E-state index contributed by atoms with van der Waals surface area (Å²) in [6.07, 6.45) is 10.9. The van der Waals surface area contributed by atoms with E-state index in [0.29, 0.717) is 6.42 Å². The first-order chi connectivity index (χ1) is 14.1. The number of rotatable bonds is 5. The Morgan fingerprint density at radius 2 is 1.59 bits per heavy atom. The maximum absolute atomic E-state index is 13.3. The van der Waals surface area contributed by atoms with E-state index in [1.54, 1.807) is 0 Å². The van der Waals surface area contributed by atoms with Gasteiger partial charge in [-0.25, -0.2) is 0 Å². The molecular formula is C24H28N2O3. The van der Waals surface area contributed by atoms with Crippen molar-refractivity contribution in [2.75, 3.05) is 0 Å². The van der Waals surface area contributed by atoms with E-state index < -0.39 is 6.04 Å². The van der Waals surface area contributed by atoms with Gasteiger partial charge in [-0.2, -0.15) is 0 Å². The zero-order valence-corrected chi connectivity index (χ0v) is 16.6. The molecule has 0 aromatic heterocycles. The van der Waals surface area contributed by atoms with Gasteiger partial charge in [0.15, 0.2) is 0 Å². The van der Waals surface area contributed by atoms with Crippen LogP contribution in [0, 0.1) is 23.7 Å². The number of fused-ring (bicyclic) bond motifs is 5. The summed E-state index contributed by atoms with van der Waals surface area (Å²) < 4.78 is 0. The molecule has 152 valence electrons. The van der Waals surface area contributed by atoms with Gasteiger partial charge in [0.2, 0.25) is 17.7 Å². The predicted molar refractivity (Wildman–Crippen MR) is 109 cm³/mol. The minimum absolute atomic E-state index is 0.142. The summed E-state index contributed by atoms with van der Waals surface area (Å²) in [5.41, 5.74) is 0.968. The van der Waals surface area contributed by atoms with E-state index in [-0.39, 0.29) is 47.4 Å². The van der Waals surface area contributed by atoms with Crippen LogP contribution < -0.4 is 5.32 Å². The molecule has 5 rings (SSSR count). The number of allylic oxidation sites excluding steroid dienone is 2. The molecule has 29 heavy (non-hydrogen) atoms. The number of amides is 3. The van der Waals surface area contributed by atoms with E-state index in [1.165, 1.54) is 11.3 Å². The Hall–Kier alpha value is -2.43. The summed E-state index contributed by atoms with van der Waals surface area (Å²) in [6, 6.07) is 9.09. The Kier molecular flexibility index (Phi) is 4.76. The molecule has 1 heterocycles. The lowest BCUT2D eigenvalue weighted by atomic mass is 9.85. The third-order valence-corrected chi connectivity index (χ3v) is 7.34. The normalized spacial score (nSPS) is 31.9. The third-order valence-electron chi connectivity index (χ3n) is 7.34. The first-order valence-corrected chi connectivity index (χ1v) is 11.0. The molecule has 2 bridgehead atoms. The summed E-state index contributed by atoms with van der Waals surface area (Å²) in [5.74, 6) is -0.678. The Bertz CT molecular complexity index is 813. The Balaban J connectivity index is 1.41. The zero-order chi connectivity index (χ0) is 20.0. The molecule has 4 aliphatic rings. The van der Waals surface area contributed by atoms with Crippen molar-refractivity contribution in [2.24, 2.45) is 23.7 Å². The summed E-state index contributed by atoms with van der Waals surface area (Å²) in [4.78, 5) is 41.3. The molecule has 3 amide bonds. The van der Waals surface area contributed by atoms with Gasteiger partial charge in [0.25, 0.3) is 0 Å². The van der Waals surface area contributed by atoms with Crippen LogP contribution in [0.25, 0.3) is 0 Å². The van der Waals surface area contributed by atoms with Gasteiger partial charge in [0.05, 0.1) is 11.8 Å². The molecule has 1 N–H and O–H groups in total. The summed E-state index contributed by atoms with van der Waals surface area (Å²) in [6.45, 7) is 0. The summed E-state index contributed by atoms with van der Waals surface area (Å²) >= 11 is 0. The molecule has 5 atom stereocenters. The van der Waals surface area contributed by atoms with Crippen molar-refractivity contribution in [3.05, 3.63) is 48.0 Å². The average molecular weight is 392 g/mol. The second-order valence-corrected chi connectivity index (χ2v) is 9.10. The molecule has 5 nitrogen and oxygen atoms in total. The standard InChI is InChI=1S/C24H28N2O3/c27-22(25-18-9-5-2-6-10-18)19(13-15-7-3-1-4-8-15)26-23(28)20-16-11-12-17(14-16)21(20)24(26)29/h1,3-4,7-8,11-12,16-21H,2,5-6,9-10,13-14H2,(H,25,27)/t16-,17-,19+,20-,21-/m0/s1. The largest absolute Gasteiger partial charge is 0.352 e. The van der Waals surface area contributed by atoms with E-state index >= 15 is 0 Å². The van der Waals surface area contributed by atoms with E-state index in [1.807, 2.05) is 30.3 Å². The van der Waals surface area contributed by atoms with Crippen LogP contribution in [0.1, 0.15) is 44.1 Å². The van der Waals surface area contributed by atoms with Crippen LogP contribution in [0.3, 0.4) is 0 Å². The van der Waals surface area contributed by atoms with Crippen LogP contribution in [-0.2, 0) is 20.8 Å². The van der Waals surface area contributed by atoms with Crippen molar-refractivity contribution in [1.29, 1.82) is 0 Å². The van der Waals surface area contributed by atoms with Gasteiger partial charge in [-0.1, -0.05) is 61.7 Å². The van der Waals surface area contributed by atoms with E-state index in [0.717, 1.165) is 37.7 Å². The Morgan fingerprint density at radius 1 is 0.966 bits per heavy atom. The van der Waals surface area contributed by atoms with E-state index in [4.69, 9.17) is 0 Å². The SMILES string of the molecule is O=C(NC1CCCCC1)[C@@H](Cc1ccccc1)N1C(=O)[C@@H]2[C@@H](C1=O)[C@H]1C=C[C@H]2C1. The second kappa shape index (κ2) is 7.43. The maximum atomic E-state index is 13.3. The number of likely N-dealkylation sites (tertiary alicyclic amines) is 1. The number of hydrogen-bond acceptors (Lipinski definition) is 3. The summed E-state index contributed by atoms with van der Waals surface area (Å²) in [5, 5.41) is 3.16. The highest BCUT2D eigenvalue weighted by Gasteiger charge is 2.61. The molecule has 5 heteroatoms. The molecule has 0 unspecified atom stereocenters. The second-order valence-electron chi connectivity index (χ2n) is 9.10. The fourth-order valence-corrected chi connectivity index (χ4v) is 5.92. The number of hydrogen-bond donors (Lipinski definition) is 1. The van der Waals surface area contributed by atoms with Crippen LogP contribution in [0.15, 0.2) is 42.5 Å². The van der Waals surface area contributed by atoms with Gasteiger partial charge in [-0.15, -0.1) is 0 Å². The third kappa shape index (κ3) is 3.21. The quantitative estimate of drug-likeness (QED) is 0.619. The highest BCUT2D eigenvalue weighted by atomic mass is 16.2. The molecule has 1 saturated heterocycles. The van der Waals surface area contributed by atoms with Gasteiger partial charge >= 0.3 is 0 Å². The van der Waals surface area contributed by atoms with Gasteiger partial charge in [0, 0.05) is 12.5 Å². The molecule has 0 spiro atoms. The summed E-state index contributed by atoms with van der Waals surface area (Å²) in [7, 11) is 0. The lowest BCUT2D eigenvalue weighted by molar-refractivity contribution is -0.148. The first-order valence-electron chi connectivity index (χ1n) is 11.0. The first kappa shape index (κ1) is 18.6. The topological polar surface area (TPSA) is 66.5 Å². The minimum atomic E-state index is -0.760. The minimum Gasteiger partial charge on any atom is -0.352 e. The fraction of sp³-hybridized carbons (Fsp3) is 0.542. The van der Waals surface area contributed by atoms with Crippen LogP contribution in [0.2, 0.25) is 0 Å². The van der Waals surface area contributed by atoms with Crippen molar-refractivity contribution in [3.8, 4) is 0 Å². The highest BCUT2D eigenvalue weighted by Crippen LogP contribution is 2.53. The zero-order valence-electron chi connectivity index (χ0n) is 16.6. The number of benzene rings is 1. The fourth-order valence-electron chi connectivity index (χ4n) is 5.92. The van der Waals surface area contributed by atoms with Gasteiger partial charge in [-0.05, 0) is 36.7 Å². The van der Waals surface area contributed by atoms with Crippen molar-refractivity contribution in [3.63, 3.8) is 0 Å². The smallest absolute Gasteiger partial charge is 0.243 e. The van der Waals surface area contributed by atoms with Gasteiger partial charge in [0.1, 0.15) is 6.04 Å².